The molecule has 1 aromatic carbocycles. The standard InChI is InChI=1S/C14H21N3O4S/c1-15-14(18)12-10-11(4-5-13(12)21-3)22(19,20)17-8-6-16(2)7-9-17/h4-5,10H,6-9H2,1-3H3,(H,15,18)/p+1. The highest BCUT2D eigenvalue weighted by Crippen LogP contribution is 2.24. The predicted octanol–water partition coefficient (Wildman–Crippen LogP) is -1.43. The molecule has 1 saturated heterocycles. The number of quaternary nitrogens is 1. The molecule has 0 unspecified atom stereocenters. The number of hydrogen-bond acceptors (Lipinski definition) is 4. The van der Waals surface area contributed by atoms with Gasteiger partial charge in [-0.3, -0.25) is 4.79 Å². The Bertz CT molecular complexity index is 652. The third kappa shape index (κ3) is 3.23. The summed E-state index contributed by atoms with van der Waals surface area (Å²) in [5, 5.41) is 2.49. The van der Waals surface area contributed by atoms with E-state index in [1.807, 2.05) is 7.05 Å². The molecule has 0 aliphatic carbocycles. The number of sulfonamides is 1. The van der Waals surface area contributed by atoms with E-state index in [4.69, 9.17) is 4.74 Å². The second kappa shape index (κ2) is 6.64. The normalized spacial score (nSPS) is 17.2. The van der Waals surface area contributed by atoms with E-state index in [0.717, 1.165) is 13.1 Å². The molecule has 1 amide bonds. The number of methoxy groups -OCH3 is 1. The van der Waals surface area contributed by atoms with Gasteiger partial charge in [0.2, 0.25) is 10.0 Å². The number of benzene rings is 1. The minimum atomic E-state index is -3.59. The summed E-state index contributed by atoms with van der Waals surface area (Å²) in [6.07, 6.45) is 0. The van der Waals surface area contributed by atoms with Crippen LogP contribution in [-0.2, 0) is 10.0 Å². The first-order valence-corrected chi connectivity index (χ1v) is 8.55. The van der Waals surface area contributed by atoms with Crippen LogP contribution in [0.3, 0.4) is 0 Å². The molecule has 7 nitrogen and oxygen atoms in total. The maximum absolute atomic E-state index is 12.7. The number of carbonyl (C=O) groups excluding carboxylic acids is 1. The Morgan fingerprint density at radius 1 is 1.32 bits per heavy atom. The van der Waals surface area contributed by atoms with Gasteiger partial charge in [0.1, 0.15) is 5.75 Å². The van der Waals surface area contributed by atoms with Gasteiger partial charge in [0, 0.05) is 7.05 Å². The van der Waals surface area contributed by atoms with Crippen LogP contribution in [0, 0.1) is 0 Å². The summed E-state index contributed by atoms with van der Waals surface area (Å²) in [5.41, 5.74) is 0.214. The molecule has 2 N–H and O–H groups in total. The number of piperazine rings is 1. The minimum absolute atomic E-state index is 0.117. The number of rotatable bonds is 4. The number of nitrogens with zero attached hydrogens (tertiary/aromatic N) is 1. The molecule has 8 heteroatoms. The van der Waals surface area contributed by atoms with Crippen LogP contribution in [0.4, 0.5) is 0 Å². The fourth-order valence-corrected chi connectivity index (χ4v) is 3.89. The van der Waals surface area contributed by atoms with Crippen LogP contribution in [0.1, 0.15) is 10.4 Å². The Labute approximate surface area is 130 Å². The molecule has 1 aromatic rings. The van der Waals surface area contributed by atoms with Gasteiger partial charge in [-0.2, -0.15) is 4.31 Å². The first-order valence-electron chi connectivity index (χ1n) is 7.11. The SMILES string of the molecule is CNC(=O)c1cc(S(=O)(=O)N2CC[NH+](C)CC2)ccc1OC. The molecule has 122 valence electrons. The van der Waals surface area contributed by atoms with Crippen molar-refractivity contribution in [3.63, 3.8) is 0 Å². The van der Waals surface area contributed by atoms with Crippen molar-refractivity contribution in [1.82, 2.24) is 9.62 Å². The first-order chi connectivity index (χ1) is 10.4. The van der Waals surface area contributed by atoms with Gasteiger partial charge in [-0.25, -0.2) is 8.42 Å². The Hall–Kier alpha value is -1.64. The summed E-state index contributed by atoms with van der Waals surface area (Å²) in [6.45, 7) is 2.51. The Morgan fingerprint density at radius 2 is 1.95 bits per heavy atom. The molecule has 1 aliphatic rings. The number of carbonyl (C=O) groups is 1. The van der Waals surface area contributed by atoms with Crippen LogP contribution in [0.2, 0.25) is 0 Å². The van der Waals surface area contributed by atoms with Crippen molar-refractivity contribution < 1.29 is 22.8 Å². The van der Waals surface area contributed by atoms with Gasteiger partial charge in [-0.1, -0.05) is 0 Å². The highest BCUT2D eigenvalue weighted by Gasteiger charge is 2.30. The van der Waals surface area contributed by atoms with Gasteiger partial charge in [0.25, 0.3) is 5.91 Å². The lowest BCUT2D eigenvalue weighted by Crippen LogP contribution is -3.12. The molecular weight excluding hydrogens is 306 g/mol. The topological polar surface area (TPSA) is 80.2 Å². The third-order valence-electron chi connectivity index (χ3n) is 3.86. The molecular formula is C14H22N3O4S+. The smallest absolute Gasteiger partial charge is 0.254 e. The lowest BCUT2D eigenvalue weighted by Gasteiger charge is -2.29. The van der Waals surface area contributed by atoms with Crippen LogP contribution < -0.4 is 15.0 Å². The zero-order chi connectivity index (χ0) is 16.3. The Balaban J connectivity index is 2.37. The molecule has 22 heavy (non-hydrogen) atoms. The zero-order valence-electron chi connectivity index (χ0n) is 13.0. The van der Waals surface area contributed by atoms with Gasteiger partial charge in [-0.15, -0.1) is 0 Å². The summed E-state index contributed by atoms with van der Waals surface area (Å²) in [5.74, 6) is -0.0298. The fraction of sp³-hybridized carbons (Fsp3) is 0.500. The first kappa shape index (κ1) is 16.7. The van der Waals surface area contributed by atoms with Crippen molar-refractivity contribution in [2.45, 2.75) is 4.90 Å². The van der Waals surface area contributed by atoms with Gasteiger partial charge < -0.3 is 15.0 Å². The van der Waals surface area contributed by atoms with E-state index >= 15 is 0 Å². The van der Waals surface area contributed by atoms with Crippen LogP contribution >= 0.6 is 0 Å². The average Bonchev–Trinajstić information content (AvgIpc) is 2.53. The Morgan fingerprint density at radius 3 is 2.50 bits per heavy atom. The summed E-state index contributed by atoms with van der Waals surface area (Å²) < 4.78 is 32.0. The van der Waals surface area contributed by atoms with Crippen molar-refractivity contribution in [2.75, 3.05) is 47.4 Å². The minimum Gasteiger partial charge on any atom is -0.496 e. The van der Waals surface area contributed by atoms with E-state index in [-0.39, 0.29) is 16.4 Å². The maximum atomic E-state index is 12.7. The monoisotopic (exact) mass is 328 g/mol. The molecule has 0 atom stereocenters. The maximum Gasteiger partial charge on any atom is 0.254 e. The number of nitrogens with one attached hydrogen (secondary N) is 2. The second-order valence-corrected chi connectivity index (χ2v) is 7.24. The molecule has 0 radical (unpaired) electrons. The van der Waals surface area contributed by atoms with Gasteiger partial charge >= 0.3 is 0 Å². The number of likely N-dealkylation sites (N-methyl/N-ethyl adjacent to an activating group) is 1. The molecule has 1 aliphatic heterocycles. The third-order valence-corrected chi connectivity index (χ3v) is 5.75. The molecule has 1 fully saturated rings. The van der Waals surface area contributed by atoms with Crippen LogP contribution in [0.5, 0.6) is 5.75 Å². The van der Waals surface area contributed by atoms with E-state index in [2.05, 4.69) is 5.32 Å². The number of hydrogen-bond donors (Lipinski definition) is 2. The quantitative estimate of drug-likeness (QED) is 0.710. The predicted molar refractivity (Wildman–Crippen MR) is 81.8 cm³/mol. The zero-order valence-corrected chi connectivity index (χ0v) is 13.9. The van der Waals surface area contributed by atoms with Crippen molar-refractivity contribution in [3.05, 3.63) is 23.8 Å². The van der Waals surface area contributed by atoms with E-state index in [9.17, 15) is 13.2 Å². The van der Waals surface area contributed by atoms with Crippen molar-refractivity contribution >= 4 is 15.9 Å². The molecule has 0 spiro atoms. The van der Waals surface area contributed by atoms with Crippen molar-refractivity contribution in [1.29, 1.82) is 0 Å². The summed E-state index contributed by atoms with van der Waals surface area (Å²) in [7, 11) is 1.39. The van der Waals surface area contributed by atoms with Crippen LogP contribution in [-0.4, -0.2) is 66.0 Å². The molecule has 2 rings (SSSR count). The van der Waals surface area contributed by atoms with E-state index < -0.39 is 10.0 Å². The highest BCUT2D eigenvalue weighted by molar-refractivity contribution is 7.89. The van der Waals surface area contributed by atoms with E-state index in [1.165, 1.54) is 41.6 Å². The van der Waals surface area contributed by atoms with E-state index in [0.29, 0.717) is 18.8 Å². The lowest BCUT2D eigenvalue weighted by molar-refractivity contribution is -0.883. The van der Waals surface area contributed by atoms with Gasteiger partial charge in [0.15, 0.2) is 0 Å². The highest BCUT2D eigenvalue weighted by atomic mass is 32.2. The summed E-state index contributed by atoms with van der Waals surface area (Å²) >= 11 is 0. The largest absolute Gasteiger partial charge is 0.496 e. The lowest BCUT2D eigenvalue weighted by atomic mass is 10.2. The summed E-state index contributed by atoms with van der Waals surface area (Å²) in [4.78, 5) is 13.3. The van der Waals surface area contributed by atoms with Gasteiger partial charge in [-0.05, 0) is 18.2 Å². The number of ether oxygens (including phenoxy) is 1. The summed E-state index contributed by atoms with van der Waals surface area (Å²) in [6, 6.07) is 4.36. The van der Waals surface area contributed by atoms with Gasteiger partial charge in [0.05, 0.1) is 50.8 Å². The van der Waals surface area contributed by atoms with E-state index in [1.54, 1.807) is 0 Å². The Kier molecular flexibility index (Phi) is 5.05. The van der Waals surface area contributed by atoms with Crippen LogP contribution in [0.15, 0.2) is 23.1 Å². The fourth-order valence-electron chi connectivity index (χ4n) is 2.42. The number of amides is 1. The van der Waals surface area contributed by atoms with Crippen molar-refractivity contribution in [3.8, 4) is 5.75 Å². The van der Waals surface area contributed by atoms with Crippen molar-refractivity contribution in [2.24, 2.45) is 0 Å². The molecule has 0 bridgehead atoms. The molecule has 0 saturated carbocycles. The van der Waals surface area contributed by atoms with Crippen LogP contribution in [0.25, 0.3) is 0 Å². The second-order valence-electron chi connectivity index (χ2n) is 5.30. The molecule has 0 aromatic heterocycles. The molecule has 1 heterocycles. The average molecular weight is 328 g/mol.